The largest absolute Gasteiger partial charge is 0.573 e. The minimum absolute atomic E-state index is 0.0275. The van der Waals surface area contributed by atoms with E-state index in [1.165, 1.54) is 24.3 Å². The SMILES string of the molecule is O=C1c2ccccc2C(=O)N1c1cc(F)ccc1OC(F)(F)F. The second kappa shape index (κ2) is 5.08. The zero-order valence-corrected chi connectivity index (χ0v) is 11.2. The molecule has 0 unspecified atom stereocenters. The van der Waals surface area contributed by atoms with E-state index in [9.17, 15) is 27.2 Å². The van der Waals surface area contributed by atoms with Crippen molar-refractivity contribution in [3.8, 4) is 5.75 Å². The van der Waals surface area contributed by atoms with Crippen molar-refractivity contribution in [3.63, 3.8) is 0 Å². The highest BCUT2D eigenvalue weighted by Crippen LogP contribution is 2.37. The van der Waals surface area contributed by atoms with Gasteiger partial charge in [0.2, 0.25) is 0 Å². The Balaban J connectivity index is 2.11. The summed E-state index contributed by atoms with van der Waals surface area (Å²) in [6.07, 6.45) is -5.05. The number of benzene rings is 2. The zero-order chi connectivity index (χ0) is 16.8. The third-order valence-corrected chi connectivity index (χ3v) is 3.18. The van der Waals surface area contributed by atoms with E-state index in [0.717, 1.165) is 6.07 Å². The second-order valence-electron chi connectivity index (χ2n) is 4.65. The number of carbonyl (C=O) groups excluding carboxylic acids is 2. The molecule has 1 aliphatic rings. The highest BCUT2D eigenvalue weighted by atomic mass is 19.4. The van der Waals surface area contributed by atoms with Crippen LogP contribution in [0.4, 0.5) is 23.2 Å². The lowest BCUT2D eigenvalue weighted by Gasteiger charge is -2.19. The molecule has 8 heteroatoms. The van der Waals surface area contributed by atoms with Crippen molar-refractivity contribution in [1.82, 2.24) is 0 Å². The number of amides is 2. The summed E-state index contributed by atoms with van der Waals surface area (Å²) < 4.78 is 54.6. The van der Waals surface area contributed by atoms with E-state index >= 15 is 0 Å². The van der Waals surface area contributed by atoms with Gasteiger partial charge in [-0.3, -0.25) is 9.59 Å². The first-order valence-electron chi connectivity index (χ1n) is 6.31. The predicted octanol–water partition coefficient (Wildman–Crippen LogP) is 3.52. The van der Waals surface area contributed by atoms with Gasteiger partial charge in [-0.2, -0.15) is 0 Å². The summed E-state index contributed by atoms with van der Waals surface area (Å²) in [7, 11) is 0. The number of fused-ring (bicyclic) bond motifs is 1. The maximum atomic E-state index is 13.4. The van der Waals surface area contributed by atoms with Crippen molar-refractivity contribution in [1.29, 1.82) is 0 Å². The molecule has 0 fully saturated rings. The second-order valence-corrected chi connectivity index (χ2v) is 4.65. The molecule has 118 valence electrons. The quantitative estimate of drug-likeness (QED) is 0.627. The first-order valence-corrected chi connectivity index (χ1v) is 6.31. The Bertz CT molecular complexity index is 782. The van der Waals surface area contributed by atoms with E-state index in [1.807, 2.05) is 0 Å². The minimum atomic E-state index is -5.05. The van der Waals surface area contributed by atoms with Crippen LogP contribution in [0.3, 0.4) is 0 Å². The van der Waals surface area contributed by atoms with Crippen molar-refractivity contribution < 1.29 is 31.9 Å². The molecular formula is C15H7F4NO3. The van der Waals surface area contributed by atoms with Gasteiger partial charge in [-0.1, -0.05) is 12.1 Å². The molecule has 0 aliphatic carbocycles. The van der Waals surface area contributed by atoms with Crippen LogP contribution in [-0.2, 0) is 0 Å². The number of hydrogen-bond donors (Lipinski definition) is 0. The number of anilines is 1. The van der Waals surface area contributed by atoms with Gasteiger partial charge >= 0.3 is 6.36 Å². The molecule has 0 aromatic heterocycles. The first kappa shape index (κ1) is 15.0. The number of ether oxygens (including phenoxy) is 1. The van der Waals surface area contributed by atoms with Crippen molar-refractivity contribution in [3.05, 3.63) is 59.4 Å². The maximum Gasteiger partial charge on any atom is 0.573 e. The van der Waals surface area contributed by atoms with Crippen LogP contribution in [0.5, 0.6) is 5.75 Å². The number of carbonyl (C=O) groups is 2. The van der Waals surface area contributed by atoms with Crippen LogP contribution in [0, 0.1) is 5.82 Å². The third-order valence-electron chi connectivity index (χ3n) is 3.18. The lowest BCUT2D eigenvalue weighted by Crippen LogP contribution is -2.31. The van der Waals surface area contributed by atoms with Crippen molar-refractivity contribution in [2.75, 3.05) is 4.90 Å². The maximum absolute atomic E-state index is 13.4. The third kappa shape index (κ3) is 2.63. The molecule has 0 radical (unpaired) electrons. The van der Waals surface area contributed by atoms with Gasteiger partial charge in [0.15, 0.2) is 5.75 Å². The zero-order valence-electron chi connectivity index (χ0n) is 11.2. The average Bonchev–Trinajstić information content (AvgIpc) is 2.72. The Morgan fingerprint density at radius 1 is 0.913 bits per heavy atom. The number of halogens is 4. The lowest BCUT2D eigenvalue weighted by atomic mass is 10.1. The summed E-state index contributed by atoms with van der Waals surface area (Å²) in [4.78, 5) is 25.0. The van der Waals surface area contributed by atoms with Crippen LogP contribution >= 0.6 is 0 Å². The molecule has 0 bridgehead atoms. The number of hydrogen-bond acceptors (Lipinski definition) is 3. The van der Waals surface area contributed by atoms with Gasteiger partial charge in [0.1, 0.15) is 5.82 Å². The molecule has 2 aromatic carbocycles. The van der Waals surface area contributed by atoms with Crippen LogP contribution in [0.1, 0.15) is 20.7 Å². The Morgan fingerprint density at radius 3 is 2.00 bits per heavy atom. The van der Waals surface area contributed by atoms with Gasteiger partial charge < -0.3 is 4.74 Å². The Labute approximate surface area is 126 Å². The van der Waals surface area contributed by atoms with Crippen molar-refractivity contribution in [2.45, 2.75) is 6.36 Å². The summed E-state index contributed by atoms with van der Waals surface area (Å²) >= 11 is 0. The molecule has 0 spiro atoms. The fourth-order valence-corrected chi connectivity index (χ4v) is 2.28. The normalized spacial score (nSPS) is 14.2. The number of alkyl halides is 3. The predicted molar refractivity (Wildman–Crippen MR) is 70.7 cm³/mol. The molecule has 2 aromatic rings. The van der Waals surface area contributed by atoms with Gasteiger partial charge in [0, 0.05) is 6.07 Å². The molecule has 2 amide bonds. The van der Waals surface area contributed by atoms with Gasteiger partial charge in [0.25, 0.3) is 11.8 Å². The summed E-state index contributed by atoms with van der Waals surface area (Å²) in [5.41, 5.74) is -0.548. The molecule has 0 saturated carbocycles. The van der Waals surface area contributed by atoms with E-state index in [-0.39, 0.29) is 11.1 Å². The Kier molecular flexibility index (Phi) is 3.32. The number of imide groups is 1. The monoisotopic (exact) mass is 325 g/mol. The molecule has 3 rings (SSSR count). The fraction of sp³-hybridized carbons (Fsp3) is 0.0667. The summed E-state index contributed by atoms with van der Waals surface area (Å²) in [5, 5.41) is 0. The van der Waals surface area contributed by atoms with Gasteiger partial charge in [-0.25, -0.2) is 9.29 Å². The number of nitrogens with zero attached hydrogens (tertiary/aromatic N) is 1. The average molecular weight is 325 g/mol. The van der Waals surface area contributed by atoms with Crippen molar-refractivity contribution >= 4 is 17.5 Å². The van der Waals surface area contributed by atoms with E-state index in [0.29, 0.717) is 17.0 Å². The van der Waals surface area contributed by atoms with Crippen LogP contribution in [-0.4, -0.2) is 18.2 Å². The molecule has 23 heavy (non-hydrogen) atoms. The van der Waals surface area contributed by atoms with E-state index in [1.54, 1.807) is 0 Å². The summed E-state index contributed by atoms with van der Waals surface area (Å²) in [6, 6.07) is 7.82. The first-order chi connectivity index (χ1) is 10.8. The summed E-state index contributed by atoms with van der Waals surface area (Å²) in [5.74, 6) is -3.44. The Hall–Kier alpha value is -2.90. The lowest BCUT2D eigenvalue weighted by molar-refractivity contribution is -0.274. The minimum Gasteiger partial charge on any atom is -0.404 e. The molecule has 0 saturated heterocycles. The van der Waals surface area contributed by atoms with E-state index < -0.39 is 35.4 Å². The number of rotatable bonds is 2. The highest BCUT2D eigenvalue weighted by Gasteiger charge is 2.40. The van der Waals surface area contributed by atoms with E-state index in [2.05, 4.69) is 4.74 Å². The Morgan fingerprint density at radius 2 is 1.48 bits per heavy atom. The van der Waals surface area contributed by atoms with Crippen molar-refractivity contribution in [2.24, 2.45) is 0 Å². The fourth-order valence-electron chi connectivity index (χ4n) is 2.28. The smallest absolute Gasteiger partial charge is 0.404 e. The van der Waals surface area contributed by atoms with Crippen LogP contribution in [0.15, 0.2) is 42.5 Å². The molecular weight excluding hydrogens is 318 g/mol. The molecule has 1 aliphatic heterocycles. The van der Waals surface area contributed by atoms with Crippen LogP contribution in [0.2, 0.25) is 0 Å². The summed E-state index contributed by atoms with van der Waals surface area (Å²) in [6.45, 7) is 0. The van der Waals surface area contributed by atoms with Crippen LogP contribution in [0.25, 0.3) is 0 Å². The highest BCUT2D eigenvalue weighted by molar-refractivity contribution is 6.34. The van der Waals surface area contributed by atoms with Gasteiger partial charge in [-0.15, -0.1) is 13.2 Å². The molecule has 0 atom stereocenters. The molecule has 4 nitrogen and oxygen atoms in total. The van der Waals surface area contributed by atoms with E-state index in [4.69, 9.17) is 0 Å². The topological polar surface area (TPSA) is 46.6 Å². The van der Waals surface area contributed by atoms with Gasteiger partial charge in [-0.05, 0) is 24.3 Å². The molecule has 1 heterocycles. The standard InChI is InChI=1S/C15H7F4NO3/c16-8-5-6-12(23-15(17,18)19)11(7-8)20-13(21)9-3-1-2-4-10(9)14(20)22/h1-7H. The van der Waals surface area contributed by atoms with Crippen LogP contribution < -0.4 is 9.64 Å². The van der Waals surface area contributed by atoms with Gasteiger partial charge in [0.05, 0.1) is 16.8 Å². The molecule has 0 N–H and O–H groups in total.